The van der Waals surface area contributed by atoms with Crippen LogP contribution in [0.1, 0.15) is 75.4 Å². The van der Waals surface area contributed by atoms with Crippen molar-refractivity contribution in [3.8, 4) is 0 Å². The number of benzene rings is 2. The van der Waals surface area contributed by atoms with Gasteiger partial charge in [0.2, 0.25) is 35.4 Å². The predicted octanol–water partition coefficient (Wildman–Crippen LogP) is 1.37. The van der Waals surface area contributed by atoms with Crippen LogP contribution in [-0.4, -0.2) is 200 Å². The number of nitrogens with zero attached hydrogens (tertiary/aromatic N) is 8. The highest BCUT2D eigenvalue weighted by Crippen LogP contribution is 2.29. The molecule has 0 spiro atoms. The van der Waals surface area contributed by atoms with Gasteiger partial charge in [0, 0.05) is 39.7 Å². The number of ether oxygens (including phenoxy) is 2. The molecule has 78 heavy (non-hydrogen) atoms. The molecule has 2 aromatic carbocycles. The first-order chi connectivity index (χ1) is 37.1. The van der Waals surface area contributed by atoms with E-state index in [1.165, 1.54) is 54.4 Å². The van der Waals surface area contributed by atoms with E-state index in [4.69, 9.17) is 9.47 Å². The maximum absolute atomic E-state index is 15.0. The van der Waals surface area contributed by atoms with Gasteiger partial charge in [-0.3, -0.25) is 48.3 Å². The first-order valence-electron chi connectivity index (χ1n) is 25.4. The molecule has 418 valence electrons. The molecule has 10 atom stereocenters. The summed E-state index contributed by atoms with van der Waals surface area (Å²) in [7, 11) is 7.56. The second-order valence-electron chi connectivity index (χ2n) is 19.3. The number of aromatic nitrogens is 4. The van der Waals surface area contributed by atoms with Crippen molar-refractivity contribution < 1.29 is 57.4 Å². The Labute approximate surface area is 459 Å². The van der Waals surface area contributed by atoms with Gasteiger partial charge in [-0.05, 0) is 49.9 Å². The van der Waals surface area contributed by atoms with Gasteiger partial charge in [0.15, 0.2) is 0 Å². The number of amides is 8. The van der Waals surface area contributed by atoms with Crippen molar-refractivity contribution in [3.05, 3.63) is 72.3 Å². The summed E-state index contributed by atoms with van der Waals surface area (Å²) in [6.07, 6.45) is 3.11. The van der Waals surface area contributed by atoms with Crippen LogP contribution in [0.2, 0.25) is 0 Å². The molecular weight excluding hydrogens is 1050 g/mol. The van der Waals surface area contributed by atoms with Crippen molar-refractivity contribution in [2.45, 2.75) is 103 Å². The van der Waals surface area contributed by atoms with E-state index in [2.05, 4.69) is 41.2 Å². The van der Waals surface area contributed by atoms with Crippen LogP contribution >= 0.6 is 21.6 Å². The summed E-state index contributed by atoms with van der Waals surface area (Å²) >= 11 is 0. The Morgan fingerprint density at radius 2 is 0.923 bits per heavy atom. The molecule has 4 N–H and O–H groups in total. The number of hydrogen-bond acceptors (Lipinski definition) is 18. The first-order valence-corrected chi connectivity index (χ1v) is 27.9. The van der Waals surface area contributed by atoms with Crippen molar-refractivity contribution in [2.75, 3.05) is 52.9 Å². The summed E-state index contributed by atoms with van der Waals surface area (Å²) in [5.74, 6) is -10.1. The summed E-state index contributed by atoms with van der Waals surface area (Å²) in [4.78, 5) is 166. The van der Waals surface area contributed by atoms with Gasteiger partial charge >= 0.3 is 11.9 Å². The largest absolute Gasteiger partial charge is 0.461 e. The summed E-state index contributed by atoms with van der Waals surface area (Å²) in [5.41, 5.74) is 1.40. The zero-order valence-corrected chi connectivity index (χ0v) is 46.7. The molecule has 2 fully saturated rings. The smallest absolute Gasteiger partial charge is 0.329 e. The zero-order chi connectivity index (χ0) is 57.1. The second kappa shape index (κ2) is 26.7. The van der Waals surface area contributed by atoms with E-state index < -0.39 is 133 Å². The Bertz CT molecular complexity index is 2740. The standard InChI is InChI=1S/C52H66N12O12S2/c1-11-27(3)41-51(73)75-23-37(59-43(65)35-21-53-31-17-13-15-19-33(31)57-35)45(67)55-30(6)48(70)62(8)40-26-78-77-25-39(49(71)63(41)9)61(7)47(69)29(5)56-46(68)38(24-76-52(74)42(28(4)12-2)64(10)50(40)72)60-44(66)36-22-54-32-18-14-16-20-34(32)58-36/h13-22,27-30,37-42H,11-12,23-26H2,1-10H3,(H,55,67)(H,56,68)(H,59,65)(H,60,66). The van der Waals surface area contributed by atoms with Crippen molar-refractivity contribution in [1.82, 2.24) is 60.8 Å². The molecule has 24 nitrogen and oxygen atoms in total. The fourth-order valence-electron chi connectivity index (χ4n) is 8.79. The van der Waals surface area contributed by atoms with E-state index in [1.807, 2.05) is 0 Å². The van der Waals surface area contributed by atoms with Gasteiger partial charge in [0.05, 0.1) is 34.5 Å². The average Bonchev–Trinajstić information content (AvgIpc) is 3.47. The van der Waals surface area contributed by atoms with Gasteiger partial charge in [-0.2, -0.15) is 0 Å². The van der Waals surface area contributed by atoms with Crippen LogP contribution < -0.4 is 21.3 Å². The molecule has 6 rings (SSSR count). The summed E-state index contributed by atoms with van der Waals surface area (Å²) in [6, 6.07) is 2.16. The minimum absolute atomic E-state index is 0.154. The summed E-state index contributed by atoms with van der Waals surface area (Å²) in [6.45, 7) is 8.13. The zero-order valence-electron chi connectivity index (χ0n) is 45.1. The number of fused-ring (bicyclic) bond motifs is 7. The van der Waals surface area contributed by atoms with Gasteiger partial charge in [-0.1, -0.05) is 86.4 Å². The lowest BCUT2D eigenvalue weighted by Gasteiger charge is -2.38. The number of carbonyl (C=O) groups is 10. The van der Waals surface area contributed by atoms with Gasteiger partial charge in [0.1, 0.15) is 72.9 Å². The number of esters is 2. The van der Waals surface area contributed by atoms with Crippen LogP contribution in [0.15, 0.2) is 60.9 Å². The third kappa shape index (κ3) is 14.0. The molecule has 10 unspecified atom stereocenters. The number of rotatable bonds is 8. The van der Waals surface area contributed by atoms with Gasteiger partial charge in [-0.15, -0.1) is 0 Å². The normalized spacial score (nSPS) is 25.1. The number of cyclic esters (lactones) is 2. The molecule has 26 heteroatoms. The first kappa shape index (κ1) is 59.8. The molecule has 2 aliphatic rings. The molecule has 0 aliphatic carbocycles. The SMILES string of the molecule is CCC(C)C1C(=O)OCC(NC(=O)c2cnc3ccccc3n2)C(=O)NC(C)C(=O)N(C)C2CSSCC(C(=O)N1C)N(C)C(=O)C(C)NC(=O)C(NC(=O)c1cnc3ccccc3n1)COC(=O)C(C(C)CC)N(C)C2=O. The number of hydrogen-bond donors (Lipinski definition) is 4. The number of likely N-dealkylation sites (N-methyl/N-ethyl adjacent to an activating group) is 4. The van der Waals surface area contributed by atoms with Crippen molar-refractivity contribution in [2.24, 2.45) is 11.8 Å². The molecule has 4 aromatic rings. The lowest BCUT2D eigenvalue weighted by atomic mass is 9.97. The number of para-hydroxylation sites is 4. The Morgan fingerprint density at radius 3 is 1.27 bits per heavy atom. The molecule has 0 saturated carbocycles. The van der Waals surface area contributed by atoms with Crippen molar-refractivity contribution >= 4 is 103 Å². The molecule has 2 bridgehead atoms. The lowest BCUT2D eigenvalue weighted by molar-refractivity contribution is -0.160. The van der Waals surface area contributed by atoms with Crippen LogP contribution in [0.25, 0.3) is 22.1 Å². The highest BCUT2D eigenvalue weighted by Gasteiger charge is 2.43. The predicted molar refractivity (Wildman–Crippen MR) is 289 cm³/mol. The average molecular weight is 1120 g/mol. The Balaban J connectivity index is 1.41. The van der Waals surface area contributed by atoms with Crippen LogP contribution in [-0.2, 0) is 47.8 Å². The minimum atomic E-state index is -1.65. The van der Waals surface area contributed by atoms with Crippen LogP contribution in [0, 0.1) is 11.8 Å². The molecule has 4 heterocycles. The van der Waals surface area contributed by atoms with Crippen molar-refractivity contribution in [1.29, 1.82) is 0 Å². The highest BCUT2D eigenvalue weighted by molar-refractivity contribution is 8.76. The fraction of sp³-hybridized carbons (Fsp3) is 0.500. The Hall–Kier alpha value is -7.48. The van der Waals surface area contributed by atoms with Crippen LogP contribution in [0.5, 0.6) is 0 Å². The monoisotopic (exact) mass is 1110 g/mol. The Kier molecular flexibility index (Phi) is 20.5. The van der Waals surface area contributed by atoms with E-state index in [0.717, 1.165) is 41.2 Å². The molecule has 2 aliphatic heterocycles. The second-order valence-corrected chi connectivity index (χ2v) is 21.9. The molecule has 2 aromatic heterocycles. The highest BCUT2D eigenvalue weighted by atomic mass is 33.1. The fourth-order valence-corrected chi connectivity index (χ4v) is 11.3. The molecule has 8 amide bonds. The van der Waals surface area contributed by atoms with E-state index in [1.54, 1.807) is 76.2 Å². The minimum Gasteiger partial charge on any atom is -0.461 e. The lowest BCUT2D eigenvalue weighted by Crippen LogP contribution is -2.60. The number of nitrogens with one attached hydrogen (secondary N) is 4. The summed E-state index contributed by atoms with van der Waals surface area (Å²) < 4.78 is 11.6. The molecule has 2 saturated heterocycles. The maximum Gasteiger partial charge on any atom is 0.329 e. The third-order valence-electron chi connectivity index (χ3n) is 14.0. The van der Waals surface area contributed by atoms with E-state index in [-0.39, 0.29) is 22.9 Å². The third-order valence-corrected chi connectivity index (χ3v) is 16.3. The van der Waals surface area contributed by atoms with E-state index in [9.17, 15) is 47.9 Å². The van der Waals surface area contributed by atoms with Crippen molar-refractivity contribution in [3.63, 3.8) is 0 Å². The van der Waals surface area contributed by atoms with E-state index >= 15 is 0 Å². The summed E-state index contributed by atoms with van der Waals surface area (Å²) in [5, 5.41) is 10.3. The topological polar surface area (TPSA) is 302 Å². The Morgan fingerprint density at radius 1 is 0.577 bits per heavy atom. The van der Waals surface area contributed by atoms with Crippen LogP contribution in [0.3, 0.4) is 0 Å². The van der Waals surface area contributed by atoms with Gasteiger partial charge in [0.25, 0.3) is 11.8 Å². The number of carbonyl (C=O) groups excluding carboxylic acids is 10. The van der Waals surface area contributed by atoms with Gasteiger partial charge in [-0.25, -0.2) is 19.6 Å². The molecule has 0 radical (unpaired) electrons. The molecular formula is C52H66N12O12S2. The quantitative estimate of drug-likeness (QED) is 0.143. The van der Waals surface area contributed by atoms with Gasteiger partial charge < -0.3 is 50.3 Å². The maximum atomic E-state index is 15.0. The van der Waals surface area contributed by atoms with E-state index in [0.29, 0.717) is 34.9 Å². The van der Waals surface area contributed by atoms with Crippen LogP contribution in [0.4, 0.5) is 0 Å².